The Morgan fingerprint density at radius 3 is 2.52 bits per heavy atom. The number of amides is 1. The number of hydrogen-bond donors (Lipinski definition) is 1. The van der Waals surface area contributed by atoms with E-state index in [0.717, 1.165) is 29.7 Å². The molecule has 29 heavy (non-hydrogen) atoms. The highest BCUT2D eigenvalue weighted by Crippen LogP contribution is 2.42. The van der Waals surface area contributed by atoms with Crippen LogP contribution in [0.5, 0.6) is 0 Å². The number of esters is 1. The Bertz CT molecular complexity index is 1040. The zero-order valence-corrected chi connectivity index (χ0v) is 16.7. The molecule has 1 aromatic heterocycles. The molecule has 1 aliphatic carbocycles. The quantitative estimate of drug-likeness (QED) is 0.603. The van der Waals surface area contributed by atoms with Gasteiger partial charge >= 0.3 is 5.97 Å². The van der Waals surface area contributed by atoms with Crippen LogP contribution in [0.4, 0.5) is 9.39 Å². The van der Waals surface area contributed by atoms with Crippen LogP contribution in [-0.4, -0.2) is 19.0 Å². The third-order valence-electron chi connectivity index (χ3n) is 5.26. The average Bonchev–Trinajstić information content (AvgIpc) is 3.11. The van der Waals surface area contributed by atoms with Gasteiger partial charge in [0.15, 0.2) is 0 Å². The van der Waals surface area contributed by atoms with Gasteiger partial charge in [-0.05, 0) is 60.6 Å². The third kappa shape index (κ3) is 3.93. The maximum Gasteiger partial charge on any atom is 0.341 e. The summed E-state index contributed by atoms with van der Waals surface area (Å²) in [5.74, 6) is -0.854. The Labute approximate surface area is 172 Å². The van der Waals surface area contributed by atoms with E-state index in [1.807, 2.05) is 18.2 Å². The first-order chi connectivity index (χ1) is 14.1. The number of anilines is 1. The molecule has 0 aliphatic heterocycles. The second kappa shape index (κ2) is 8.17. The summed E-state index contributed by atoms with van der Waals surface area (Å²) in [5, 5.41) is 3.32. The number of fused-ring (bicyclic) bond motifs is 1. The number of methoxy groups -OCH3 is 1. The van der Waals surface area contributed by atoms with E-state index in [1.165, 1.54) is 48.3 Å². The van der Waals surface area contributed by atoms with Crippen LogP contribution in [-0.2, 0) is 17.6 Å². The van der Waals surface area contributed by atoms with Gasteiger partial charge in [0.2, 0.25) is 0 Å². The SMILES string of the molecule is COC(=O)c1c(NC(=O)c2ccc(F)cc2)sc2c1CCC(c1ccccc1)C2. The molecular weight excluding hydrogens is 389 g/mol. The van der Waals surface area contributed by atoms with Crippen molar-refractivity contribution in [2.24, 2.45) is 0 Å². The van der Waals surface area contributed by atoms with Crippen LogP contribution in [0.15, 0.2) is 54.6 Å². The summed E-state index contributed by atoms with van der Waals surface area (Å²) >= 11 is 1.42. The minimum absolute atomic E-state index is 0.329. The lowest BCUT2D eigenvalue weighted by Gasteiger charge is -2.22. The average molecular weight is 409 g/mol. The van der Waals surface area contributed by atoms with E-state index >= 15 is 0 Å². The van der Waals surface area contributed by atoms with E-state index in [1.54, 1.807) is 0 Å². The lowest BCUT2D eigenvalue weighted by molar-refractivity contribution is 0.0601. The van der Waals surface area contributed by atoms with Crippen molar-refractivity contribution in [1.29, 1.82) is 0 Å². The lowest BCUT2D eigenvalue weighted by Crippen LogP contribution is -2.16. The molecule has 0 saturated carbocycles. The molecule has 148 valence electrons. The number of carbonyl (C=O) groups is 2. The number of halogens is 1. The van der Waals surface area contributed by atoms with Crippen molar-refractivity contribution >= 4 is 28.2 Å². The molecule has 1 atom stereocenters. The first-order valence-electron chi connectivity index (χ1n) is 9.41. The van der Waals surface area contributed by atoms with Crippen molar-refractivity contribution in [2.75, 3.05) is 12.4 Å². The summed E-state index contributed by atoms with van der Waals surface area (Å²) in [5.41, 5.74) is 3.01. The van der Waals surface area contributed by atoms with Crippen molar-refractivity contribution in [1.82, 2.24) is 0 Å². The van der Waals surface area contributed by atoms with Crippen molar-refractivity contribution in [2.45, 2.75) is 25.2 Å². The number of ether oxygens (including phenoxy) is 1. The molecule has 1 amide bonds. The molecule has 1 heterocycles. The highest BCUT2D eigenvalue weighted by atomic mass is 32.1. The molecule has 0 spiro atoms. The fourth-order valence-corrected chi connectivity index (χ4v) is 5.09. The summed E-state index contributed by atoms with van der Waals surface area (Å²) in [6.45, 7) is 0. The topological polar surface area (TPSA) is 55.4 Å². The maximum absolute atomic E-state index is 13.1. The van der Waals surface area contributed by atoms with Crippen LogP contribution < -0.4 is 5.32 Å². The standard InChI is InChI=1S/C23H20FNO3S/c1-28-23(27)20-18-12-9-16(14-5-3-2-4-6-14)13-19(18)29-22(20)25-21(26)15-7-10-17(24)11-8-15/h2-8,10-11,16H,9,12-13H2,1H3,(H,25,26). The van der Waals surface area contributed by atoms with Gasteiger partial charge in [0.25, 0.3) is 5.91 Å². The van der Waals surface area contributed by atoms with Gasteiger partial charge in [-0.3, -0.25) is 4.79 Å². The molecule has 1 N–H and O–H groups in total. The first-order valence-corrected chi connectivity index (χ1v) is 10.2. The predicted octanol–water partition coefficient (Wildman–Crippen LogP) is 5.20. The second-order valence-electron chi connectivity index (χ2n) is 7.01. The van der Waals surface area contributed by atoms with Crippen molar-refractivity contribution < 1.29 is 18.7 Å². The van der Waals surface area contributed by atoms with E-state index in [4.69, 9.17) is 4.74 Å². The first kappa shape index (κ1) is 19.3. The van der Waals surface area contributed by atoms with E-state index in [9.17, 15) is 14.0 Å². The Hall–Kier alpha value is -2.99. The molecule has 1 aliphatic rings. The lowest BCUT2D eigenvalue weighted by atomic mass is 9.83. The van der Waals surface area contributed by atoms with Gasteiger partial charge in [-0.1, -0.05) is 30.3 Å². The number of carbonyl (C=O) groups excluding carboxylic acids is 2. The highest BCUT2D eigenvalue weighted by molar-refractivity contribution is 7.17. The molecule has 2 aromatic carbocycles. The van der Waals surface area contributed by atoms with Crippen LogP contribution in [0.2, 0.25) is 0 Å². The Morgan fingerprint density at radius 2 is 1.83 bits per heavy atom. The van der Waals surface area contributed by atoms with E-state index in [0.29, 0.717) is 22.0 Å². The fourth-order valence-electron chi connectivity index (χ4n) is 3.78. The van der Waals surface area contributed by atoms with E-state index in [-0.39, 0.29) is 5.91 Å². The zero-order chi connectivity index (χ0) is 20.4. The van der Waals surface area contributed by atoms with Crippen LogP contribution in [0.1, 0.15) is 49.1 Å². The van der Waals surface area contributed by atoms with Gasteiger partial charge in [0.1, 0.15) is 10.8 Å². The normalized spacial score (nSPS) is 15.4. The fraction of sp³-hybridized carbons (Fsp3) is 0.217. The molecule has 0 radical (unpaired) electrons. The Kier molecular flexibility index (Phi) is 5.45. The molecule has 6 heteroatoms. The third-order valence-corrected chi connectivity index (χ3v) is 6.43. The summed E-state index contributed by atoms with van der Waals surface area (Å²) in [6, 6.07) is 15.6. The van der Waals surface area contributed by atoms with Gasteiger partial charge in [-0.25, -0.2) is 9.18 Å². The molecule has 0 saturated heterocycles. The number of benzene rings is 2. The maximum atomic E-state index is 13.1. The van der Waals surface area contributed by atoms with Gasteiger partial charge < -0.3 is 10.1 Å². The van der Waals surface area contributed by atoms with E-state index < -0.39 is 11.8 Å². The summed E-state index contributed by atoms with van der Waals surface area (Å²) in [6.07, 6.45) is 2.51. The summed E-state index contributed by atoms with van der Waals surface area (Å²) < 4.78 is 18.1. The van der Waals surface area contributed by atoms with Gasteiger partial charge in [0, 0.05) is 10.4 Å². The number of thiophene rings is 1. The Balaban J connectivity index is 1.64. The second-order valence-corrected chi connectivity index (χ2v) is 8.12. The van der Waals surface area contributed by atoms with Crippen molar-refractivity contribution in [3.63, 3.8) is 0 Å². The molecule has 3 aromatic rings. The van der Waals surface area contributed by atoms with Crippen LogP contribution >= 0.6 is 11.3 Å². The van der Waals surface area contributed by atoms with Crippen LogP contribution in [0, 0.1) is 5.82 Å². The van der Waals surface area contributed by atoms with Crippen molar-refractivity contribution in [3.05, 3.63) is 87.5 Å². The largest absolute Gasteiger partial charge is 0.465 e. The van der Waals surface area contributed by atoms with Gasteiger partial charge in [-0.15, -0.1) is 11.3 Å². The summed E-state index contributed by atoms with van der Waals surface area (Å²) in [7, 11) is 1.34. The van der Waals surface area contributed by atoms with E-state index in [2.05, 4.69) is 17.4 Å². The Morgan fingerprint density at radius 1 is 1.10 bits per heavy atom. The minimum atomic E-state index is -0.449. The molecule has 4 nitrogen and oxygen atoms in total. The zero-order valence-electron chi connectivity index (χ0n) is 15.9. The van der Waals surface area contributed by atoms with Gasteiger partial charge in [0.05, 0.1) is 12.7 Å². The number of nitrogens with one attached hydrogen (secondary N) is 1. The van der Waals surface area contributed by atoms with Crippen molar-refractivity contribution in [3.8, 4) is 0 Å². The monoisotopic (exact) mass is 409 g/mol. The molecule has 1 unspecified atom stereocenters. The number of hydrogen-bond acceptors (Lipinski definition) is 4. The molecule has 0 fully saturated rings. The minimum Gasteiger partial charge on any atom is -0.465 e. The van der Waals surface area contributed by atoms with Crippen LogP contribution in [0.25, 0.3) is 0 Å². The highest BCUT2D eigenvalue weighted by Gasteiger charge is 2.30. The molecule has 4 rings (SSSR count). The van der Waals surface area contributed by atoms with Gasteiger partial charge in [-0.2, -0.15) is 0 Å². The number of rotatable bonds is 4. The summed E-state index contributed by atoms with van der Waals surface area (Å²) in [4.78, 5) is 26.2. The predicted molar refractivity (Wildman–Crippen MR) is 111 cm³/mol. The molecule has 0 bridgehead atoms. The van der Waals surface area contributed by atoms with Crippen LogP contribution in [0.3, 0.4) is 0 Å². The molecular formula is C23H20FNO3S. The smallest absolute Gasteiger partial charge is 0.341 e.